The predicted molar refractivity (Wildman–Crippen MR) is 127 cm³/mol. The standard InChI is InChI=1S/C24H22N2O3S2/c1-15-4-3-5-16(2)20(15)14-31(28,29)19-10-11-21-22(13-19)30-23(24(27)26-21)12-17-6-8-18(25)9-7-17/h3-13H,14,25H2,1-2H3,(H,26,27)/b23-12-. The molecule has 3 aromatic carbocycles. The van der Waals surface area contributed by atoms with Crippen molar-refractivity contribution in [2.75, 3.05) is 11.1 Å². The van der Waals surface area contributed by atoms with E-state index in [1.807, 2.05) is 44.2 Å². The molecule has 0 bridgehead atoms. The van der Waals surface area contributed by atoms with Crippen LogP contribution < -0.4 is 11.1 Å². The van der Waals surface area contributed by atoms with Crippen LogP contribution in [0.2, 0.25) is 0 Å². The fourth-order valence-electron chi connectivity index (χ4n) is 3.42. The van der Waals surface area contributed by atoms with Gasteiger partial charge in [0.25, 0.3) is 5.91 Å². The van der Waals surface area contributed by atoms with Crippen molar-refractivity contribution in [3.63, 3.8) is 0 Å². The van der Waals surface area contributed by atoms with Gasteiger partial charge in [-0.3, -0.25) is 4.79 Å². The van der Waals surface area contributed by atoms with Gasteiger partial charge in [-0.2, -0.15) is 0 Å². The normalized spacial score (nSPS) is 14.9. The Kier molecular flexibility index (Phi) is 5.64. The first-order valence-electron chi connectivity index (χ1n) is 9.71. The molecule has 0 fully saturated rings. The molecule has 0 atom stereocenters. The summed E-state index contributed by atoms with van der Waals surface area (Å²) in [6.07, 6.45) is 1.76. The van der Waals surface area contributed by atoms with Crippen molar-refractivity contribution in [3.05, 3.63) is 87.8 Å². The zero-order valence-corrected chi connectivity index (χ0v) is 18.8. The SMILES string of the molecule is Cc1cccc(C)c1CS(=O)(=O)c1ccc2c(c1)S/C(=C\c1ccc(N)cc1)C(=O)N2. The van der Waals surface area contributed by atoms with Crippen molar-refractivity contribution in [1.29, 1.82) is 0 Å². The lowest BCUT2D eigenvalue weighted by molar-refractivity contribution is -0.112. The maximum Gasteiger partial charge on any atom is 0.262 e. The number of sulfone groups is 1. The number of aryl methyl sites for hydroxylation is 2. The number of anilines is 2. The molecule has 1 amide bonds. The summed E-state index contributed by atoms with van der Waals surface area (Å²) in [5.74, 6) is -0.282. The Balaban J connectivity index is 1.65. The van der Waals surface area contributed by atoms with Crippen LogP contribution in [0.1, 0.15) is 22.3 Å². The summed E-state index contributed by atoms with van der Waals surface area (Å²) in [5.41, 5.74) is 10.5. The molecule has 0 saturated heterocycles. The zero-order valence-electron chi connectivity index (χ0n) is 17.2. The van der Waals surface area contributed by atoms with E-state index in [-0.39, 0.29) is 16.6 Å². The molecule has 158 valence electrons. The highest BCUT2D eigenvalue weighted by molar-refractivity contribution is 8.04. The Morgan fingerprint density at radius 1 is 1.00 bits per heavy atom. The minimum atomic E-state index is -3.55. The van der Waals surface area contributed by atoms with E-state index in [2.05, 4.69) is 5.32 Å². The average Bonchev–Trinajstić information content (AvgIpc) is 2.73. The molecule has 4 rings (SSSR count). The van der Waals surface area contributed by atoms with Crippen LogP contribution in [0.25, 0.3) is 6.08 Å². The number of nitrogens with one attached hydrogen (secondary N) is 1. The smallest absolute Gasteiger partial charge is 0.262 e. The van der Waals surface area contributed by atoms with Gasteiger partial charge in [0.15, 0.2) is 9.84 Å². The van der Waals surface area contributed by atoms with Gasteiger partial charge < -0.3 is 11.1 Å². The van der Waals surface area contributed by atoms with E-state index in [1.54, 1.807) is 36.4 Å². The second kappa shape index (κ2) is 8.24. The molecule has 1 aliphatic rings. The van der Waals surface area contributed by atoms with Crippen molar-refractivity contribution >= 4 is 45.0 Å². The Morgan fingerprint density at radius 2 is 1.68 bits per heavy atom. The van der Waals surface area contributed by atoms with Crippen LogP contribution in [0.3, 0.4) is 0 Å². The van der Waals surface area contributed by atoms with Gasteiger partial charge in [-0.25, -0.2) is 8.42 Å². The zero-order chi connectivity index (χ0) is 22.2. The first-order valence-corrected chi connectivity index (χ1v) is 12.2. The molecule has 3 aromatic rings. The van der Waals surface area contributed by atoms with E-state index in [0.717, 1.165) is 22.3 Å². The third-order valence-electron chi connectivity index (χ3n) is 5.22. The third-order valence-corrected chi connectivity index (χ3v) is 7.94. The minimum Gasteiger partial charge on any atom is -0.399 e. The van der Waals surface area contributed by atoms with Crippen LogP contribution in [-0.2, 0) is 20.4 Å². The lowest BCUT2D eigenvalue weighted by atomic mass is 10.1. The maximum absolute atomic E-state index is 13.1. The quantitative estimate of drug-likeness (QED) is 0.434. The molecule has 7 heteroatoms. The number of amides is 1. The summed E-state index contributed by atoms with van der Waals surface area (Å²) in [6, 6.07) is 17.8. The van der Waals surface area contributed by atoms with Gasteiger partial charge in [-0.15, -0.1) is 0 Å². The molecule has 0 aromatic heterocycles. The molecule has 1 heterocycles. The van der Waals surface area contributed by atoms with Gasteiger partial charge in [-0.1, -0.05) is 42.1 Å². The lowest BCUT2D eigenvalue weighted by Gasteiger charge is -2.20. The Labute approximate surface area is 186 Å². The van der Waals surface area contributed by atoms with Crippen LogP contribution in [0, 0.1) is 13.8 Å². The Morgan fingerprint density at radius 3 is 2.35 bits per heavy atom. The number of hydrogen-bond donors (Lipinski definition) is 2. The summed E-state index contributed by atoms with van der Waals surface area (Å²) in [5, 5.41) is 2.84. The molecule has 31 heavy (non-hydrogen) atoms. The van der Waals surface area contributed by atoms with E-state index in [1.165, 1.54) is 11.8 Å². The van der Waals surface area contributed by atoms with Crippen LogP contribution >= 0.6 is 11.8 Å². The fourth-order valence-corrected chi connectivity index (χ4v) is 6.06. The minimum absolute atomic E-state index is 0.0601. The molecular formula is C24H22N2O3S2. The van der Waals surface area contributed by atoms with Crippen LogP contribution in [-0.4, -0.2) is 14.3 Å². The van der Waals surface area contributed by atoms with Crippen LogP contribution in [0.4, 0.5) is 11.4 Å². The maximum atomic E-state index is 13.1. The number of nitrogens with two attached hydrogens (primary N) is 1. The summed E-state index contributed by atoms with van der Waals surface area (Å²) in [6.45, 7) is 3.84. The van der Waals surface area contributed by atoms with Crippen molar-refractivity contribution < 1.29 is 13.2 Å². The molecule has 0 unspecified atom stereocenters. The van der Waals surface area contributed by atoms with Gasteiger partial charge in [0, 0.05) is 10.6 Å². The highest BCUT2D eigenvalue weighted by Crippen LogP contribution is 2.40. The highest BCUT2D eigenvalue weighted by atomic mass is 32.2. The van der Waals surface area contributed by atoms with Gasteiger partial charge in [-0.05, 0) is 72.5 Å². The number of hydrogen-bond acceptors (Lipinski definition) is 5. The summed E-state index contributed by atoms with van der Waals surface area (Å²) in [7, 11) is -3.55. The summed E-state index contributed by atoms with van der Waals surface area (Å²) >= 11 is 1.26. The molecule has 0 saturated carbocycles. The first kappa shape index (κ1) is 21.2. The van der Waals surface area contributed by atoms with E-state index in [4.69, 9.17) is 5.73 Å². The summed E-state index contributed by atoms with van der Waals surface area (Å²) < 4.78 is 26.3. The highest BCUT2D eigenvalue weighted by Gasteiger charge is 2.25. The van der Waals surface area contributed by atoms with Crippen molar-refractivity contribution in [2.24, 2.45) is 0 Å². The molecule has 0 aliphatic carbocycles. The van der Waals surface area contributed by atoms with E-state index < -0.39 is 9.84 Å². The topological polar surface area (TPSA) is 89.3 Å². The molecule has 3 N–H and O–H groups in total. The van der Waals surface area contributed by atoms with Gasteiger partial charge in [0.2, 0.25) is 0 Å². The predicted octanol–water partition coefficient (Wildman–Crippen LogP) is 4.94. The van der Waals surface area contributed by atoms with Crippen molar-refractivity contribution in [1.82, 2.24) is 0 Å². The fraction of sp³-hybridized carbons (Fsp3) is 0.125. The Bertz CT molecular complexity index is 1290. The monoisotopic (exact) mass is 450 g/mol. The molecule has 5 nitrogen and oxygen atoms in total. The number of rotatable bonds is 4. The molecule has 0 spiro atoms. The lowest BCUT2D eigenvalue weighted by Crippen LogP contribution is -2.17. The second-order valence-electron chi connectivity index (χ2n) is 7.52. The van der Waals surface area contributed by atoms with E-state index in [9.17, 15) is 13.2 Å². The van der Waals surface area contributed by atoms with Crippen LogP contribution in [0.15, 0.2) is 75.4 Å². The van der Waals surface area contributed by atoms with Gasteiger partial charge >= 0.3 is 0 Å². The van der Waals surface area contributed by atoms with E-state index in [0.29, 0.717) is 21.2 Å². The van der Waals surface area contributed by atoms with Gasteiger partial charge in [0.05, 0.1) is 21.2 Å². The third kappa shape index (κ3) is 4.52. The van der Waals surface area contributed by atoms with Crippen molar-refractivity contribution in [3.8, 4) is 0 Å². The summed E-state index contributed by atoms with van der Waals surface area (Å²) in [4.78, 5) is 13.9. The number of thioether (sulfide) groups is 1. The number of benzene rings is 3. The van der Waals surface area contributed by atoms with E-state index >= 15 is 0 Å². The molecule has 0 radical (unpaired) electrons. The number of nitrogen functional groups attached to an aromatic ring is 1. The number of carbonyl (C=O) groups is 1. The molecule has 1 aliphatic heterocycles. The Hall–Kier alpha value is -3.03. The first-order chi connectivity index (χ1) is 14.7. The molecular weight excluding hydrogens is 428 g/mol. The second-order valence-corrected chi connectivity index (χ2v) is 10.6. The van der Waals surface area contributed by atoms with Crippen LogP contribution in [0.5, 0.6) is 0 Å². The average molecular weight is 451 g/mol. The van der Waals surface area contributed by atoms with Gasteiger partial charge in [0.1, 0.15) is 0 Å². The van der Waals surface area contributed by atoms with Crippen molar-refractivity contribution in [2.45, 2.75) is 29.4 Å². The number of carbonyl (C=O) groups excluding carboxylic acids is 1. The largest absolute Gasteiger partial charge is 0.399 e. The number of fused-ring (bicyclic) bond motifs is 1.